The van der Waals surface area contributed by atoms with Crippen molar-refractivity contribution in [3.05, 3.63) is 29.3 Å². The second kappa shape index (κ2) is 6.91. The van der Waals surface area contributed by atoms with Gasteiger partial charge in [-0.25, -0.2) is 0 Å². The van der Waals surface area contributed by atoms with Crippen LogP contribution in [0.25, 0.3) is 5.69 Å². The number of amides is 1. The van der Waals surface area contributed by atoms with Crippen LogP contribution in [0.4, 0.5) is 0 Å². The first kappa shape index (κ1) is 15.8. The molecule has 1 heterocycles. The summed E-state index contributed by atoms with van der Waals surface area (Å²) < 4.78 is 1.58. The normalized spacial score (nSPS) is 12.4. The largest absolute Gasteiger partial charge is 0.353 e. The van der Waals surface area contributed by atoms with E-state index in [0.29, 0.717) is 10.2 Å². The Morgan fingerprint density at radius 3 is 2.57 bits per heavy atom. The zero-order valence-corrected chi connectivity index (χ0v) is 13.5. The molecule has 1 amide bonds. The van der Waals surface area contributed by atoms with Gasteiger partial charge in [0.05, 0.1) is 10.9 Å². The molecule has 0 bridgehead atoms. The van der Waals surface area contributed by atoms with Crippen molar-refractivity contribution in [2.45, 2.75) is 37.2 Å². The Kier molecular flexibility index (Phi) is 5.19. The molecule has 0 saturated heterocycles. The minimum atomic E-state index is -0.288. The van der Waals surface area contributed by atoms with E-state index in [-0.39, 0.29) is 17.2 Å². The molecule has 0 fully saturated rings. The zero-order chi connectivity index (χ0) is 15.4. The fourth-order valence-electron chi connectivity index (χ4n) is 1.61. The van der Waals surface area contributed by atoms with Crippen LogP contribution in [0.3, 0.4) is 0 Å². The van der Waals surface area contributed by atoms with Crippen molar-refractivity contribution in [1.29, 1.82) is 0 Å². The van der Waals surface area contributed by atoms with Gasteiger partial charge in [-0.1, -0.05) is 23.4 Å². The summed E-state index contributed by atoms with van der Waals surface area (Å²) in [5, 5.41) is 15.4. The number of nitrogens with one attached hydrogen (secondary N) is 1. The maximum atomic E-state index is 11.9. The molecule has 0 radical (unpaired) electrons. The van der Waals surface area contributed by atoms with Crippen molar-refractivity contribution in [3.8, 4) is 5.69 Å². The minimum Gasteiger partial charge on any atom is -0.353 e. The molecular weight excluding hydrogens is 310 g/mol. The van der Waals surface area contributed by atoms with Gasteiger partial charge in [-0.05, 0) is 55.5 Å². The van der Waals surface area contributed by atoms with Gasteiger partial charge >= 0.3 is 0 Å². The molecule has 0 aliphatic heterocycles. The lowest BCUT2D eigenvalue weighted by atomic mass is 10.3. The molecular formula is C13H16ClN5OS. The topological polar surface area (TPSA) is 72.7 Å². The van der Waals surface area contributed by atoms with Crippen LogP contribution in [-0.4, -0.2) is 37.4 Å². The fourth-order valence-corrected chi connectivity index (χ4v) is 2.55. The van der Waals surface area contributed by atoms with Gasteiger partial charge in [-0.15, -0.1) is 5.10 Å². The van der Waals surface area contributed by atoms with Crippen molar-refractivity contribution < 1.29 is 4.79 Å². The van der Waals surface area contributed by atoms with E-state index in [1.54, 1.807) is 16.8 Å². The molecule has 2 rings (SSSR count). The van der Waals surface area contributed by atoms with Crippen LogP contribution in [0.2, 0.25) is 5.02 Å². The van der Waals surface area contributed by atoms with Crippen LogP contribution in [0, 0.1) is 0 Å². The Balaban J connectivity index is 2.13. The zero-order valence-electron chi connectivity index (χ0n) is 11.9. The van der Waals surface area contributed by atoms with E-state index in [0.717, 1.165) is 5.69 Å². The lowest BCUT2D eigenvalue weighted by Crippen LogP contribution is -2.36. The first-order valence-corrected chi connectivity index (χ1v) is 7.74. The quantitative estimate of drug-likeness (QED) is 0.854. The fraction of sp³-hybridized carbons (Fsp3) is 0.385. The molecule has 1 aromatic heterocycles. The Morgan fingerprint density at radius 2 is 1.95 bits per heavy atom. The van der Waals surface area contributed by atoms with Crippen molar-refractivity contribution in [2.24, 2.45) is 0 Å². The van der Waals surface area contributed by atoms with E-state index >= 15 is 0 Å². The van der Waals surface area contributed by atoms with Crippen LogP contribution in [-0.2, 0) is 4.79 Å². The van der Waals surface area contributed by atoms with E-state index in [2.05, 4.69) is 20.8 Å². The smallest absolute Gasteiger partial charge is 0.233 e. The van der Waals surface area contributed by atoms with Crippen LogP contribution >= 0.6 is 23.4 Å². The summed E-state index contributed by atoms with van der Waals surface area (Å²) in [4.78, 5) is 11.9. The van der Waals surface area contributed by atoms with Crippen molar-refractivity contribution in [3.63, 3.8) is 0 Å². The summed E-state index contributed by atoms with van der Waals surface area (Å²) in [6, 6.07) is 7.28. The highest BCUT2D eigenvalue weighted by Gasteiger charge is 2.19. The molecule has 8 heteroatoms. The van der Waals surface area contributed by atoms with Crippen LogP contribution in [0.15, 0.2) is 29.4 Å². The number of thioether (sulfide) groups is 1. The molecule has 1 unspecified atom stereocenters. The highest BCUT2D eigenvalue weighted by atomic mass is 35.5. The first-order chi connectivity index (χ1) is 9.97. The van der Waals surface area contributed by atoms with Crippen LogP contribution in [0.5, 0.6) is 0 Å². The third-order valence-electron chi connectivity index (χ3n) is 2.59. The second-order valence-electron chi connectivity index (χ2n) is 4.77. The standard InChI is InChI=1S/C13H16ClN5OS/c1-8(2)15-12(20)9(3)21-13-16-17-18-19(13)11-6-4-10(14)5-7-11/h4-9H,1-3H3,(H,15,20). The highest BCUT2D eigenvalue weighted by molar-refractivity contribution is 8.00. The molecule has 0 aliphatic carbocycles. The molecule has 6 nitrogen and oxygen atoms in total. The summed E-state index contributed by atoms with van der Waals surface area (Å²) in [7, 11) is 0. The van der Waals surface area contributed by atoms with Gasteiger partial charge in [0.25, 0.3) is 0 Å². The number of nitrogens with zero attached hydrogens (tertiary/aromatic N) is 4. The minimum absolute atomic E-state index is 0.0411. The molecule has 0 spiro atoms. The number of carbonyl (C=O) groups is 1. The van der Waals surface area contributed by atoms with E-state index < -0.39 is 0 Å². The summed E-state index contributed by atoms with van der Waals surface area (Å²) in [5.74, 6) is -0.0411. The highest BCUT2D eigenvalue weighted by Crippen LogP contribution is 2.23. The number of tetrazole rings is 1. The summed E-state index contributed by atoms with van der Waals surface area (Å²) >= 11 is 7.18. The van der Waals surface area contributed by atoms with E-state index in [4.69, 9.17) is 11.6 Å². The maximum absolute atomic E-state index is 11.9. The Morgan fingerprint density at radius 1 is 1.29 bits per heavy atom. The van der Waals surface area contributed by atoms with Gasteiger partial charge in [-0.2, -0.15) is 4.68 Å². The average Bonchev–Trinajstić information content (AvgIpc) is 2.87. The molecule has 1 N–H and O–H groups in total. The number of halogens is 1. The Bertz CT molecular complexity index is 613. The molecule has 112 valence electrons. The summed E-state index contributed by atoms with van der Waals surface area (Å²) in [6.07, 6.45) is 0. The van der Waals surface area contributed by atoms with Gasteiger partial charge in [0.1, 0.15) is 0 Å². The summed E-state index contributed by atoms with van der Waals surface area (Å²) in [5.41, 5.74) is 0.795. The number of aromatic nitrogens is 4. The predicted molar refractivity (Wildman–Crippen MR) is 82.8 cm³/mol. The SMILES string of the molecule is CC(C)NC(=O)C(C)Sc1nnnn1-c1ccc(Cl)cc1. The van der Waals surface area contributed by atoms with Gasteiger partial charge in [0, 0.05) is 11.1 Å². The van der Waals surface area contributed by atoms with Crippen molar-refractivity contribution in [2.75, 3.05) is 0 Å². The van der Waals surface area contributed by atoms with Crippen molar-refractivity contribution >= 4 is 29.3 Å². The number of carbonyl (C=O) groups excluding carboxylic acids is 1. The lowest BCUT2D eigenvalue weighted by molar-refractivity contribution is -0.120. The summed E-state index contributed by atoms with van der Waals surface area (Å²) in [6.45, 7) is 5.67. The van der Waals surface area contributed by atoms with E-state index in [1.807, 2.05) is 32.9 Å². The Hall–Kier alpha value is -1.60. The molecule has 1 atom stereocenters. The van der Waals surface area contributed by atoms with Crippen LogP contribution in [0.1, 0.15) is 20.8 Å². The average molecular weight is 326 g/mol. The van der Waals surface area contributed by atoms with Gasteiger partial charge in [0.15, 0.2) is 0 Å². The third kappa shape index (κ3) is 4.18. The lowest BCUT2D eigenvalue weighted by Gasteiger charge is -2.13. The van der Waals surface area contributed by atoms with E-state index in [9.17, 15) is 4.79 Å². The molecule has 21 heavy (non-hydrogen) atoms. The number of hydrogen-bond donors (Lipinski definition) is 1. The molecule has 0 saturated carbocycles. The molecule has 0 aliphatic rings. The van der Waals surface area contributed by atoms with Gasteiger partial charge in [0.2, 0.25) is 11.1 Å². The maximum Gasteiger partial charge on any atom is 0.233 e. The third-order valence-corrected chi connectivity index (χ3v) is 3.88. The van der Waals surface area contributed by atoms with Gasteiger partial charge < -0.3 is 5.32 Å². The predicted octanol–water partition coefficient (Wildman–Crippen LogP) is 2.32. The second-order valence-corrected chi connectivity index (χ2v) is 6.52. The van der Waals surface area contributed by atoms with Crippen LogP contribution < -0.4 is 5.32 Å². The van der Waals surface area contributed by atoms with E-state index in [1.165, 1.54) is 11.8 Å². The Labute approximate surface area is 132 Å². The number of hydrogen-bond acceptors (Lipinski definition) is 5. The molecule has 2 aromatic rings. The first-order valence-electron chi connectivity index (χ1n) is 6.48. The van der Waals surface area contributed by atoms with Crippen molar-refractivity contribution in [1.82, 2.24) is 25.5 Å². The number of benzene rings is 1. The monoisotopic (exact) mass is 325 g/mol. The molecule has 1 aromatic carbocycles. The number of rotatable bonds is 5. The van der Waals surface area contributed by atoms with Gasteiger partial charge in [-0.3, -0.25) is 4.79 Å².